The third-order valence-corrected chi connectivity index (χ3v) is 8.65. The second-order valence-electron chi connectivity index (χ2n) is 11.2. The van der Waals surface area contributed by atoms with Crippen LogP contribution in [-0.2, 0) is 31.4 Å². The number of fused-ring (bicyclic) bond motifs is 2. The van der Waals surface area contributed by atoms with Crippen LogP contribution in [0.3, 0.4) is 0 Å². The molecule has 0 atom stereocenters. The van der Waals surface area contributed by atoms with E-state index in [0.29, 0.717) is 30.1 Å². The number of anilines is 2. The number of nitrogens with two attached hydrogens (primary N) is 1. The van der Waals surface area contributed by atoms with E-state index in [9.17, 15) is 13.6 Å². The minimum absolute atomic E-state index is 0. The van der Waals surface area contributed by atoms with Gasteiger partial charge >= 0.3 is 0 Å². The highest BCUT2D eigenvalue weighted by Crippen LogP contribution is 2.45. The van der Waals surface area contributed by atoms with Gasteiger partial charge in [0.05, 0.1) is 6.20 Å². The van der Waals surface area contributed by atoms with Gasteiger partial charge in [-0.2, -0.15) is 5.10 Å². The summed E-state index contributed by atoms with van der Waals surface area (Å²) in [4.78, 5) is 16.4. The lowest BCUT2D eigenvalue weighted by Gasteiger charge is -2.35. The van der Waals surface area contributed by atoms with Gasteiger partial charge in [0.15, 0.2) is 0 Å². The maximum atomic E-state index is 14.4. The Hall–Kier alpha value is -2.97. The predicted octanol–water partition coefficient (Wildman–Crippen LogP) is 6.38. The molecule has 2 aromatic carbocycles. The number of rotatable bonds is 4. The van der Waals surface area contributed by atoms with E-state index in [4.69, 9.17) is 5.73 Å². The van der Waals surface area contributed by atoms with Crippen molar-refractivity contribution in [2.45, 2.75) is 76.9 Å². The first kappa shape index (κ1) is 27.6. The average molecular weight is 556 g/mol. The summed E-state index contributed by atoms with van der Waals surface area (Å²) in [5.74, 6) is 0.483. The average Bonchev–Trinajstić information content (AvgIpc) is 3.54. The fraction of sp³-hybridized carbons (Fsp3) is 0.467. The standard InChI is InChI=1S/C30H35F2N5O.ClH/c1-18(38)36-16-22-10-21(19-5-7-24(33)8-6-19)12-29(27(22)17-36)37-9-3-4-20-11-25(23-14-34-35(2)15-23)26(30(31)32)13-28(20)37;/h10-15,19,24,30H,3-9,16-17,33H2,1-2H3;1H/t19-,24+;. The Balaban J connectivity index is 0.00000308. The van der Waals surface area contributed by atoms with Crippen LogP contribution in [0.1, 0.15) is 79.2 Å². The third-order valence-electron chi connectivity index (χ3n) is 8.65. The van der Waals surface area contributed by atoms with Crippen LogP contribution in [0.5, 0.6) is 0 Å². The van der Waals surface area contributed by atoms with Crippen molar-refractivity contribution in [2.75, 3.05) is 11.4 Å². The van der Waals surface area contributed by atoms with Gasteiger partial charge in [0, 0.05) is 73.9 Å². The summed E-state index contributed by atoms with van der Waals surface area (Å²) in [5.41, 5.74) is 14.1. The van der Waals surface area contributed by atoms with Crippen LogP contribution in [0, 0.1) is 0 Å². The largest absolute Gasteiger partial charge is 0.341 e. The zero-order valence-electron chi connectivity index (χ0n) is 22.5. The molecule has 3 aliphatic rings. The van der Waals surface area contributed by atoms with Crippen LogP contribution in [0.2, 0.25) is 0 Å². The zero-order valence-corrected chi connectivity index (χ0v) is 23.3. The molecule has 3 aromatic rings. The minimum Gasteiger partial charge on any atom is -0.341 e. The van der Waals surface area contributed by atoms with E-state index in [0.717, 1.165) is 67.6 Å². The van der Waals surface area contributed by atoms with Crippen molar-refractivity contribution in [3.8, 4) is 11.1 Å². The monoisotopic (exact) mass is 555 g/mol. The first-order valence-electron chi connectivity index (χ1n) is 13.7. The Morgan fingerprint density at radius 3 is 2.49 bits per heavy atom. The molecule has 39 heavy (non-hydrogen) atoms. The smallest absolute Gasteiger partial charge is 0.264 e. The molecule has 208 valence electrons. The molecule has 0 radical (unpaired) electrons. The normalized spacial score (nSPS) is 20.6. The van der Waals surface area contributed by atoms with Gasteiger partial charge in [0.1, 0.15) is 0 Å². The van der Waals surface area contributed by atoms with Gasteiger partial charge in [0.25, 0.3) is 6.43 Å². The number of nitrogens with zero attached hydrogens (tertiary/aromatic N) is 4. The number of halogens is 3. The van der Waals surface area contributed by atoms with Crippen molar-refractivity contribution in [1.82, 2.24) is 14.7 Å². The van der Waals surface area contributed by atoms with Crippen LogP contribution in [0.25, 0.3) is 11.1 Å². The summed E-state index contributed by atoms with van der Waals surface area (Å²) >= 11 is 0. The second kappa shape index (κ2) is 10.9. The van der Waals surface area contributed by atoms with Crippen molar-refractivity contribution in [3.05, 3.63) is 64.5 Å². The molecular formula is C30H36ClF2N5O. The van der Waals surface area contributed by atoms with Crippen molar-refractivity contribution in [1.29, 1.82) is 0 Å². The van der Waals surface area contributed by atoms with Gasteiger partial charge in [-0.1, -0.05) is 6.07 Å². The summed E-state index contributed by atoms with van der Waals surface area (Å²) in [7, 11) is 1.80. The number of hydrogen-bond acceptors (Lipinski definition) is 4. The van der Waals surface area contributed by atoms with Crippen LogP contribution in [0.4, 0.5) is 20.2 Å². The number of benzene rings is 2. The maximum Gasteiger partial charge on any atom is 0.264 e. The number of amides is 1. The first-order chi connectivity index (χ1) is 18.3. The van der Waals surface area contributed by atoms with Crippen LogP contribution >= 0.6 is 12.4 Å². The van der Waals surface area contributed by atoms with E-state index in [2.05, 4.69) is 22.1 Å². The number of carbonyl (C=O) groups is 1. The van der Waals surface area contributed by atoms with Crippen LogP contribution in [0.15, 0.2) is 36.7 Å². The molecule has 3 heterocycles. The molecule has 0 saturated heterocycles. The Morgan fingerprint density at radius 1 is 1.05 bits per heavy atom. The third kappa shape index (κ3) is 5.16. The van der Waals surface area contributed by atoms with Crippen molar-refractivity contribution in [2.24, 2.45) is 12.8 Å². The molecule has 2 aliphatic heterocycles. The van der Waals surface area contributed by atoms with Crippen LogP contribution < -0.4 is 10.6 Å². The number of hydrogen-bond donors (Lipinski definition) is 1. The molecule has 6 nitrogen and oxygen atoms in total. The summed E-state index contributed by atoms with van der Waals surface area (Å²) in [6.45, 7) is 3.52. The lowest BCUT2D eigenvalue weighted by Crippen LogP contribution is -2.27. The quantitative estimate of drug-likeness (QED) is 0.406. The minimum atomic E-state index is -2.60. The summed E-state index contributed by atoms with van der Waals surface area (Å²) in [5, 5.41) is 4.21. The topological polar surface area (TPSA) is 67.4 Å². The SMILES string of the molecule is CC(=O)N1Cc2cc([C@H]3CC[C@@H](N)CC3)cc(N3CCCc4cc(-c5cnn(C)c5)c(C(F)F)cc43)c2C1.Cl. The highest BCUT2D eigenvalue weighted by molar-refractivity contribution is 5.85. The number of carbonyl (C=O) groups excluding carboxylic acids is 1. The molecule has 0 spiro atoms. The van der Waals surface area contributed by atoms with Gasteiger partial charge in [-0.25, -0.2) is 8.78 Å². The highest BCUT2D eigenvalue weighted by Gasteiger charge is 2.32. The van der Waals surface area contributed by atoms with E-state index in [1.54, 1.807) is 37.1 Å². The van der Waals surface area contributed by atoms with Gasteiger partial charge in [0.2, 0.25) is 5.91 Å². The van der Waals surface area contributed by atoms with E-state index in [1.165, 1.54) is 11.1 Å². The predicted molar refractivity (Wildman–Crippen MR) is 152 cm³/mol. The Labute approximate surface area is 234 Å². The van der Waals surface area contributed by atoms with E-state index >= 15 is 0 Å². The summed E-state index contributed by atoms with van der Waals surface area (Å²) in [6.07, 6.45) is 6.74. The van der Waals surface area contributed by atoms with Crippen LogP contribution in [-0.4, -0.2) is 33.2 Å². The van der Waals surface area contributed by atoms with Crippen molar-refractivity contribution >= 4 is 29.7 Å². The second-order valence-corrected chi connectivity index (χ2v) is 11.2. The molecule has 0 bridgehead atoms. The summed E-state index contributed by atoms with van der Waals surface area (Å²) in [6, 6.07) is 8.45. The van der Waals surface area contributed by atoms with Crippen molar-refractivity contribution in [3.63, 3.8) is 0 Å². The molecule has 1 fully saturated rings. The molecule has 1 saturated carbocycles. The fourth-order valence-corrected chi connectivity index (χ4v) is 6.56. The molecule has 6 rings (SSSR count). The zero-order chi connectivity index (χ0) is 26.6. The lowest BCUT2D eigenvalue weighted by atomic mass is 9.81. The number of aryl methyl sites for hydroxylation is 2. The van der Waals surface area contributed by atoms with E-state index in [1.807, 2.05) is 11.0 Å². The molecule has 1 amide bonds. The number of aromatic nitrogens is 2. The maximum absolute atomic E-state index is 14.4. The van der Waals surface area contributed by atoms with Gasteiger partial charge < -0.3 is 15.5 Å². The molecule has 2 N–H and O–H groups in total. The molecule has 0 unspecified atom stereocenters. The van der Waals surface area contributed by atoms with Gasteiger partial charge in [-0.15, -0.1) is 12.4 Å². The Kier molecular flexibility index (Phi) is 7.71. The molecule has 1 aromatic heterocycles. The molecular weight excluding hydrogens is 520 g/mol. The van der Waals surface area contributed by atoms with Crippen molar-refractivity contribution < 1.29 is 13.6 Å². The number of alkyl halides is 2. The van der Waals surface area contributed by atoms with E-state index in [-0.39, 0.29) is 29.9 Å². The van der Waals surface area contributed by atoms with Gasteiger partial charge in [-0.05, 0) is 84.9 Å². The summed E-state index contributed by atoms with van der Waals surface area (Å²) < 4.78 is 30.5. The Morgan fingerprint density at radius 2 is 1.82 bits per heavy atom. The Bertz CT molecular complexity index is 1380. The highest BCUT2D eigenvalue weighted by atomic mass is 35.5. The van der Waals surface area contributed by atoms with Gasteiger partial charge in [-0.3, -0.25) is 9.48 Å². The van der Waals surface area contributed by atoms with E-state index < -0.39 is 6.43 Å². The molecule has 9 heteroatoms. The first-order valence-corrected chi connectivity index (χ1v) is 13.7. The lowest BCUT2D eigenvalue weighted by molar-refractivity contribution is -0.129. The molecule has 1 aliphatic carbocycles. The fourth-order valence-electron chi connectivity index (χ4n) is 6.56.